The number of benzene rings is 1. The summed E-state index contributed by atoms with van der Waals surface area (Å²) >= 11 is 11.7. The van der Waals surface area contributed by atoms with Gasteiger partial charge in [-0.15, -0.1) is 0 Å². The third kappa shape index (κ3) is 3.62. The van der Waals surface area contributed by atoms with Crippen LogP contribution in [0.25, 0.3) is 0 Å². The number of hydrogen-bond donors (Lipinski definition) is 2. The number of pyridine rings is 1. The summed E-state index contributed by atoms with van der Waals surface area (Å²) in [6.07, 6.45) is 1.37. The highest BCUT2D eigenvalue weighted by molar-refractivity contribution is 6.42. The average molecular weight is 328 g/mol. The zero-order valence-corrected chi connectivity index (χ0v) is 12.6. The molecule has 0 aliphatic carbocycles. The first-order valence-electron chi connectivity index (χ1n) is 6.17. The van der Waals surface area contributed by atoms with Gasteiger partial charge in [-0.25, -0.2) is 9.37 Å². The number of carbonyl (C=O) groups excluding carboxylic acids is 1. The molecule has 0 saturated carbocycles. The summed E-state index contributed by atoms with van der Waals surface area (Å²) in [6, 6.07) is 5.93. The van der Waals surface area contributed by atoms with Gasteiger partial charge >= 0.3 is 0 Å². The van der Waals surface area contributed by atoms with Gasteiger partial charge in [-0.1, -0.05) is 23.2 Å². The fourth-order valence-corrected chi connectivity index (χ4v) is 1.98. The first-order chi connectivity index (χ1) is 10.0. The molecule has 2 rings (SSSR count). The number of amides is 1. The van der Waals surface area contributed by atoms with Gasteiger partial charge in [-0.3, -0.25) is 4.79 Å². The Morgan fingerprint density at radius 2 is 2.05 bits per heavy atom. The highest BCUT2D eigenvalue weighted by Crippen LogP contribution is 2.25. The zero-order chi connectivity index (χ0) is 15.4. The Morgan fingerprint density at radius 3 is 2.71 bits per heavy atom. The Labute approximate surface area is 131 Å². The van der Waals surface area contributed by atoms with Crippen molar-refractivity contribution in [2.75, 3.05) is 17.2 Å². The van der Waals surface area contributed by atoms with E-state index in [1.54, 1.807) is 12.1 Å². The summed E-state index contributed by atoms with van der Waals surface area (Å²) < 4.78 is 14.1. The van der Waals surface area contributed by atoms with Crippen LogP contribution in [0.5, 0.6) is 0 Å². The molecule has 0 bridgehead atoms. The zero-order valence-electron chi connectivity index (χ0n) is 11.1. The van der Waals surface area contributed by atoms with Crippen molar-refractivity contribution in [3.05, 3.63) is 51.9 Å². The lowest BCUT2D eigenvalue weighted by atomic mass is 10.2. The van der Waals surface area contributed by atoms with Crippen LogP contribution in [0.3, 0.4) is 0 Å². The largest absolute Gasteiger partial charge is 0.368 e. The molecule has 1 heterocycles. The summed E-state index contributed by atoms with van der Waals surface area (Å²) in [7, 11) is 0. The maximum Gasteiger partial charge on any atom is 0.258 e. The normalized spacial score (nSPS) is 10.3. The van der Waals surface area contributed by atoms with E-state index in [9.17, 15) is 9.18 Å². The van der Waals surface area contributed by atoms with Gasteiger partial charge in [0.1, 0.15) is 0 Å². The molecule has 21 heavy (non-hydrogen) atoms. The predicted molar refractivity (Wildman–Crippen MR) is 82.8 cm³/mol. The molecule has 7 heteroatoms. The molecule has 1 aromatic heterocycles. The number of carbonyl (C=O) groups is 1. The van der Waals surface area contributed by atoms with E-state index in [0.717, 1.165) is 0 Å². The Kier molecular flexibility index (Phi) is 4.98. The number of halogens is 3. The molecular formula is C14H12Cl2FN3O. The van der Waals surface area contributed by atoms with Crippen molar-refractivity contribution in [1.82, 2.24) is 4.98 Å². The first kappa shape index (κ1) is 15.5. The van der Waals surface area contributed by atoms with Crippen LogP contribution in [0.1, 0.15) is 17.3 Å². The lowest BCUT2D eigenvalue weighted by Gasteiger charge is -2.09. The van der Waals surface area contributed by atoms with Crippen molar-refractivity contribution >= 4 is 40.6 Å². The summed E-state index contributed by atoms with van der Waals surface area (Å²) in [4.78, 5) is 15.9. The van der Waals surface area contributed by atoms with Gasteiger partial charge in [0, 0.05) is 18.4 Å². The standard InChI is InChI=1S/C14H12Cl2FN3O/c1-2-18-13-12(17)9(5-6-19-13)14(21)20-8-3-4-10(15)11(16)7-8/h3-7H,2H2,1H3,(H,18,19)(H,20,21). The molecule has 0 saturated heterocycles. The molecule has 0 spiro atoms. The van der Waals surface area contributed by atoms with Crippen LogP contribution in [0.2, 0.25) is 10.0 Å². The van der Waals surface area contributed by atoms with Crippen LogP contribution in [-0.4, -0.2) is 17.4 Å². The Bertz CT molecular complexity index is 679. The van der Waals surface area contributed by atoms with E-state index in [2.05, 4.69) is 15.6 Å². The van der Waals surface area contributed by atoms with E-state index in [4.69, 9.17) is 23.2 Å². The molecule has 110 valence electrons. The molecule has 0 fully saturated rings. The molecular weight excluding hydrogens is 316 g/mol. The molecule has 0 atom stereocenters. The van der Waals surface area contributed by atoms with Gasteiger partial charge in [0.05, 0.1) is 15.6 Å². The summed E-state index contributed by atoms with van der Waals surface area (Å²) in [5.41, 5.74) is 0.322. The second-order valence-electron chi connectivity index (χ2n) is 4.13. The molecule has 2 N–H and O–H groups in total. The van der Waals surface area contributed by atoms with Gasteiger partial charge < -0.3 is 10.6 Å². The minimum Gasteiger partial charge on any atom is -0.368 e. The van der Waals surface area contributed by atoms with E-state index < -0.39 is 11.7 Å². The summed E-state index contributed by atoms with van der Waals surface area (Å²) in [5, 5.41) is 5.98. The maximum absolute atomic E-state index is 14.1. The molecule has 0 unspecified atom stereocenters. The van der Waals surface area contributed by atoms with Crippen LogP contribution in [-0.2, 0) is 0 Å². The summed E-state index contributed by atoms with van der Waals surface area (Å²) in [5.74, 6) is -1.25. The molecule has 1 aromatic carbocycles. The maximum atomic E-state index is 14.1. The fraction of sp³-hybridized carbons (Fsp3) is 0.143. The van der Waals surface area contributed by atoms with E-state index >= 15 is 0 Å². The average Bonchev–Trinajstić information content (AvgIpc) is 2.45. The lowest BCUT2D eigenvalue weighted by molar-refractivity contribution is 0.102. The van der Waals surface area contributed by atoms with Crippen LogP contribution < -0.4 is 10.6 Å². The first-order valence-corrected chi connectivity index (χ1v) is 6.93. The summed E-state index contributed by atoms with van der Waals surface area (Å²) in [6.45, 7) is 2.31. The van der Waals surface area contributed by atoms with Crippen molar-refractivity contribution < 1.29 is 9.18 Å². The van der Waals surface area contributed by atoms with Crippen molar-refractivity contribution in [2.24, 2.45) is 0 Å². The van der Waals surface area contributed by atoms with E-state index in [1.807, 2.05) is 6.92 Å². The monoisotopic (exact) mass is 327 g/mol. The highest BCUT2D eigenvalue weighted by atomic mass is 35.5. The fourth-order valence-electron chi connectivity index (χ4n) is 1.68. The quantitative estimate of drug-likeness (QED) is 0.884. The minimum atomic E-state index is -0.697. The SMILES string of the molecule is CCNc1nccc(C(=O)Nc2ccc(Cl)c(Cl)c2)c1F. The van der Waals surface area contributed by atoms with Crippen molar-refractivity contribution in [1.29, 1.82) is 0 Å². The number of aromatic nitrogens is 1. The Balaban J connectivity index is 2.24. The van der Waals surface area contributed by atoms with Gasteiger partial charge in [0.25, 0.3) is 5.91 Å². The third-order valence-electron chi connectivity index (χ3n) is 2.66. The van der Waals surface area contributed by atoms with Gasteiger partial charge in [-0.05, 0) is 31.2 Å². The molecule has 1 amide bonds. The molecule has 2 aromatic rings. The van der Waals surface area contributed by atoms with E-state index in [0.29, 0.717) is 22.3 Å². The number of hydrogen-bond acceptors (Lipinski definition) is 3. The van der Waals surface area contributed by atoms with Gasteiger partial charge in [0.2, 0.25) is 0 Å². The molecule has 0 radical (unpaired) electrons. The number of nitrogens with one attached hydrogen (secondary N) is 2. The van der Waals surface area contributed by atoms with Crippen molar-refractivity contribution in [2.45, 2.75) is 6.92 Å². The van der Waals surface area contributed by atoms with Crippen LogP contribution in [0.4, 0.5) is 15.9 Å². The second kappa shape index (κ2) is 6.74. The van der Waals surface area contributed by atoms with E-state index in [1.165, 1.54) is 18.3 Å². The number of nitrogens with zero attached hydrogens (tertiary/aromatic N) is 1. The van der Waals surface area contributed by atoms with Crippen molar-refractivity contribution in [3.8, 4) is 0 Å². The van der Waals surface area contributed by atoms with Gasteiger partial charge in [-0.2, -0.15) is 0 Å². The minimum absolute atomic E-state index is 0.0410. The highest BCUT2D eigenvalue weighted by Gasteiger charge is 2.16. The number of rotatable bonds is 4. The van der Waals surface area contributed by atoms with Crippen molar-refractivity contribution in [3.63, 3.8) is 0 Å². The smallest absolute Gasteiger partial charge is 0.258 e. The van der Waals surface area contributed by atoms with Gasteiger partial charge in [0.15, 0.2) is 11.6 Å². The molecule has 4 nitrogen and oxygen atoms in total. The predicted octanol–water partition coefficient (Wildman–Crippen LogP) is 4.21. The Morgan fingerprint density at radius 1 is 1.29 bits per heavy atom. The number of anilines is 2. The lowest BCUT2D eigenvalue weighted by Crippen LogP contribution is -2.15. The Hall–Kier alpha value is -1.85. The third-order valence-corrected chi connectivity index (χ3v) is 3.39. The molecule has 0 aliphatic heterocycles. The molecule has 0 aliphatic rings. The second-order valence-corrected chi connectivity index (χ2v) is 4.95. The van der Waals surface area contributed by atoms with Crippen LogP contribution in [0, 0.1) is 5.82 Å². The van der Waals surface area contributed by atoms with Crippen LogP contribution in [0.15, 0.2) is 30.5 Å². The van der Waals surface area contributed by atoms with Crippen LogP contribution >= 0.6 is 23.2 Å². The van der Waals surface area contributed by atoms with E-state index in [-0.39, 0.29) is 11.4 Å². The topological polar surface area (TPSA) is 54.0 Å².